The summed E-state index contributed by atoms with van der Waals surface area (Å²) in [4.78, 5) is 13.0. The highest BCUT2D eigenvalue weighted by Crippen LogP contribution is 2.34. The number of anilines is 1. The Morgan fingerprint density at radius 2 is 2.08 bits per heavy atom. The van der Waals surface area contributed by atoms with E-state index in [1.807, 2.05) is 17.8 Å². The summed E-state index contributed by atoms with van der Waals surface area (Å²) in [6, 6.07) is 4.81. The molecule has 1 aliphatic rings. The Kier molecular flexibility index (Phi) is 4.31. The van der Waals surface area contributed by atoms with Crippen LogP contribution in [0, 0.1) is 11.7 Å². The van der Waals surface area contributed by atoms with Crippen LogP contribution >= 0.6 is 0 Å². The van der Waals surface area contributed by atoms with Crippen molar-refractivity contribution in [3.05, 3.63) is 48.6 Å². The van der Waals surface area contributed by atoms with Crippen molar-refractivity contribution in [1.29, 1.82) is 0 Å². The summed E-state index contributed by atoms with van der Waals surface area (Å²) in [5.74, 6) is 1.43. The Morgan fingerprint density at radius 3 is 2.84 bits per heavy atom. The molecule has 130 valence electrons. The Morgan fingerprint density at radius 1 is 1.24 bits per heavy atom. The first-order chi connectivity index (χ1) is 12.2. The highest BCUT2D eigenvalue weighted by Gasteiger charge is 2.29. The molecular formula is C18H20FN5O. The number of aryl methyl sites for hydroxylation is 1. The van der Waals surface area contributed by atoms with E-state index in [1.165, 1.54) is 12.4 Å². The normalized spacial score (nSPS) is 16.9. The molecule has 1 aromatic carbocycles. The number of benzene rings is 1. The Balaban J connectivity index is 1.75. The monoisotopic (exact) mass is 341 g/mol. The predicted molar refractivity (Wildman–Crippen MR) is 92.6 cm³/mol. The first kappa shape index (κ1) is 16.0. The fourth-order valence-electron chi connectivity index (χ4n) is 3.44. The number of fused-ring (bicyclic) bond motifs is 1. The zero-order chi connectivity index (χ0) is 17.2. The van der Waals surface area contributed by atoms with Crippen molar-refractivity contribution in [2.75, 3.05) is 18.5 Å². The standard InChI is InChI=1S/C18H20FN5O/c1-24-8-7-20-18(24)16(12-5-9-25-10-6-12)23-17-15-13(19)3-2-4-14(15)21-11-22-17/h2-4,7-8,11-12,16H,5-6,9-10H2,1H3,(H,21,22,23)/t16-/m0/s1. The zero-order valence-electron chi connectivity index (χ0n) is 14.0. The van der Waals surface area contributed by atoms with E-state index in [0.717, 1.165) is 31.9 Å². The predicted octanol–water partition coefficient (Wildman–Crippen LogP) is 3.08. The molecule has 7 heteroatoms. The van der Waals surface area contributed by atoms with Gasteiger partial charge in [0, 0.05) is 32.7 Å². The van der Waals surface area contributed by atoms with Gasteiger partial charge in [0.25, 0.3) is 0 Å². The van der Waals surface area contributed by atoms with Gasteiger partial charge < -0.3 is 14.6 Å². The average molecular weight is 341 g/mol. The molecule has 4 rings (SSSR count). The van der Waals surface area contributed by atoms with Gasteiger partial charge in [0.2, 0.25) is 0 Å². The number of nitrogens with zero attached hydrogens (tertiary/aromatic N) is 4. The van der Waals surface area contributed by atoms with Crippen molar-refractivity contribution in [1.82, 2.24) is 19.5 Å². The molecule has 0 saturated carbocycles. The van der Waals surface area contributed by atoms with E-state index in [1.54, 1.807) is 18.3 Å². The number of nitrogens with one attached hydrogen (secondary N) is 1. The van der Waals surface area contributed by atoms with Crippen LogP contribution in [-0.2, 0) is 11.8 Å². The highest BCUT2D eigenvalue weighted by atomic mass is 19.1. The Labute approximate surface area is 145 Å². The molecule has 0 bridgehead atoms. The smallest absolute Gasteiger partial charge is 0.140 e. The lowest BCUT2D eigenvalue weighted by molar-refractivity contribution is 0.0594. The van der Waals surface area contributed by atoms with Crippen molar-refractivity contribution in [2.45, 2.75) is 18.9 Å². The van der Waals surface area contributed by atoms with Gasteiger partial charge in [-0.1, -0.05) is 6.07 Å². The van der Waals surface area contributed by atoms with Crippen molar-refractivity contribution in [3.8, 4) is 0 Å². The number of rotatable bonds is 4. The number of ether oxygens (including phenoxy) is 1. The van der Waals surface area contributed by atoms with E-state index in [9.17, 15) is 4.39 Å². The van der Waals surface area contributed by atoms with Gasteiger partial charge >= 0.3 is 0 Å². The first-order valence-electron chi connectivity index (χ1n) is 8.45. The molecule has 0 spiro atoms. The third-order valence-corrected chi connectivity index (χ3v) is 4.78. The number of aromatic nitrogens is 4. The molecule has 3 heterocycles. The molecule has 1 saturated heterocycles. The second kappa shape index (κ2) is 6.76. The third-order valence-electron chi connectivity index (χ3n) is 4.78. The van der Waals surface area contributed by atoms with Crippen LogP contribution in [0.15, 0.2) is 36.9 Å². The number of imidazole rings is 1. The second-order valence-corrected chi connectivity index (χ2v) is 6.32. The fraction of sp³-hybridized carbons (Fsp3) is 0.389. The van der Waals surface area contributed by atoms with Crippen molar-refractivity contribution in [2.24, 2.45) is 13.0 Å². The van der Waals surface area contributed by atoms with Gasteiger partial charge in [-0.25, -0.2) is 19.3 Å². The van der Waals surface area contributed by atoms with Crippen molar-refractivity contribution < 1.29 is 9.13 Å². The Hall–Kier alpha value is -2.54. The lowest BCUT2D eigenvalue weighted by Gasteiger charge is -2.31. The zero-order valence-corrected chi connectivity index (χ0v) is 14.0. The van der Waals surface area contributed by atoms with Crippen LogP contribution in [0.4, 0.5) is 10.2 Å². The van der Waals surface area contributed by atoms with Gasteiger partial charge in [-0.3, -0.25) is 0 Å². The van der Waals surface area contributed by atoms with E-state index >= 15 is 0 Å². The molecule has 3 aromatic rings. The van der Waals surface area contributed by atoms with Crippen molar-refractivity contribution in [3.63, 3.8) is 0 Å². The molecule has 1 N–H and O–H groups in total. The molecule has 1 fully saturated rings. The lowest BCUT2D eigenvalue weighted by atomic mass is 9.91. The number of hydrogen-bond donors (Lipinski definition) is 1. The van der Waals surface area contributed by atoms with E-state index in [0.29, 0.717) is 22.6 Å². The molecule has 1 aliphatic heterocycles. The summed E-state index contributed by atoms with van der Waals surface area (Å²) in [6.07, 6.45) is 7.01. The molecule has 0 amide bonds. The molecule has 25 heavy (non-hydrogen) atoms. The summed E-state index contributed by atoms with van der Waals surface area (Å²) >= 11 is 0. The topological polar surface area (TPSA) is 64.9 Å². The van der Waals surface area contributed by atoms with Crippen LogP contribution in [0.2, 0.25) is 0 Å². The summed E-state index contributed by atoms with van der Waals surface area (Å²) < 4.78 is 21.9. The summed E-state index contributed by atoms with van der Waals surface area (Å²) in [6.45, 7) is 1.46. The van der Waals surface area contributed by atoms with E-state index in [2.05, 4.69) is 20.3 Å². The maximum absolute atomic E-state index is 14.4. The van der Waals surface area contributed by atoms with Crippen LogP contribution in [0.1, 0.15) is 24.7 Å². The summed E-state index contributed by atoms with van der Waals surface area (Å²) in [7, 11) is 1.97. The first-order valence-corrected chi connectivity index (χ1v) is 8.45. The Bertz CT molecular complexity index is 870. The highest BCUT2D eigenvalue weighted by molar-refractivity contribution is 5.89. The largest absolute Gasteiger partial charge is 0.381 e. The van der Waals surface area contributed by atoms with E-state index in [4.69, 9.17) is 4.74 Å². The average Bonchev–Trinajstić information content (AvgIpc) is 3.06. The molecule has 0 unspecified atom stereocenters. The minimum Gasteiger partial charge on any atom is -0.381 e. The van der Waals surface area contributed by atoms with Gasteiger partial charge in [0.15, 0.2) is 0 Å². The molecule has 1 atom stereocenters. The SMILES string of the molecule is Cn1ccnc1[C@@H](Nc1ncnc2cccc(F)c12)C1CCOCC1. The van der Waals surface area contributed by atoms with Gasteiger partial charge in [-0.15, -0.1) is 0 Å². The quantitative estimate of drug-likeness (QED) is 0.790. The fourth-order valence-corrected chi connectivity index (χ4v) is 3.44. The number of hydrogen-bond acceptors (Lipinski definition) is 5. The summed E-state index contributed by atoms with van der Waals surface area (Å²) in [5, 5.41) is 3.86. The van der Waals surface area contributed by atoms with Crippen LogP contribution in [0.3, 0.4) is 0 Å². The van der Waals surface area contributed by atoms with Gasteiger partial charge in [-0.2, -0.15) is 0 Å². The molecule has 6 nitrogen and oxygen atoms in total. The lowest BCUT2D eigenvalue weighted by Crippen LogP contribution is -2.29. The van der Waals surface area contributed by atoms with Crippen LogP contribution < -0.4 is 5.32 Å². The van der Waals surface area contributed by atoms with Gasteiger partial charge in [0.1, 0.15) is 23.8 Å². The van der Waals surface area contributed by atoms with E-state index < -0.39 is 0 Å². The van der Waals surface area contributed by atoms with Crippen LogP contribution in [-0.4, -0.2) is 32.7 Å². The third kappa shape index (κ3) is 3.07. The van der Waals surface area contributed by atoms with E-state index in [-0.39, 0.29) is 11.9 Å². The van der Waals surface area contributed by atoms with Crippen LogP contribution in [0.5, 0.6) is 0 Å². The van der Waals surface area contributed by atoms with Gasteiger partial charge in [0.05, 0.1) is 16.9 Å². The minimum atomic E-state index is -0.328. The molecule has 0 radical (unpaired) electrons. The molecule has 0 aliphatic carbocycles. The summed E-state index contributed by atoms with van der Waals surface area (Å²) in [5.41, 5.74) is 0.586. The second-order valence-electron chi connectivity index (χ2n) is 6.32. The van der Waals surface area contributed by atoms with Crippen LogP contribution in [0.25, 0.3) is 10.9 Å². The van der Waals surface area contributed by atoms with Gasteiger partial charge in [-0.05, 0) is 30.9 Å². The van der Waals surface area contributed by atoms with Crippen molar-refractivity contribution >= 4 is 16.7 Å². The number of halogens is 1. The molecule has 2 aromatic heterocycles. The maximum Gasteiger partial charge on any atom is 0.140 e. The molecular weight excluding hydrogens is 321 g/mol. The minimum absolute atomic E-state index is 0.0680. The maximum atomic E-state index is 14.4.